The van der Waals surface area contributed by atoms with Gasteiger partial charge in [0, 0.05) is 28.6 Å². The van der Waals surface area contributed by atoms with Gasteiger partial charge in [-0.15, -0.1) is 0 Å². The highest BCUT2D eigenvalue weighted by molar-refractivity contribution is 7.98. The van der Waals surface area contributed by atoms with Crippen molar-refractivity contribution < 1.29 is 4.79 Å². The maximum absolute atomic E-state index is 12.9. The summed E-state index contributed by atoms with van der Waals surface area (Å²) in [4.78, 5) is 12.9. The molecule has 0 aromatic heterocycles. The molecule has 1 amide bonds. The van der Waals surface area contributed by atoms with Crippen molar-refractivity contribution in [2.75, 3.05) is 12.3 Å². The summed E-state index contributed by atoms with van der Waals surface area (Å²) in [6, 6.07) is 27.5. The number of amides is 1. The molecule has 0 fully saturated rings. The summed E-state index contributed by atoms with van der Waals surface area (Å²) in [5.41, 5.74) is 3.61. The van der Waals surface area contributed by atoms with Crippen LogP contribution in [-0.2, 0) is 10.5 Å². The van der Waals surface area contributed by atoms with Crippen LogP contribution >= 0.6 is 23.4 Å². The lowest BCUT2D eigenvalue weighted by Gasteiger charge is -2.10. The van der Waals surface area contributed by atoms with Crippen LogP contribution in [0.15, 0.2) is 84.9 Å². The normalized spacial score (nSPS) is 11.2. The minimum atomic E-state index is -0.0913. The topological polar surface area (TPSA) is 29.1 Å². The number of nitrogens with one attached hydrogen (secondary N) is 1. The minimum Gasteiger partial charge on any atom is -0.351 e. The van der Waals surface area contributed by atoms with Crippen molar-refractivity contribution in [2.24, 2.45) is 0 Å². The Morgan fingerprint density at radius 3 is 2.25 bits per heavy atom. The Balaban J connectivity index is 1.63. The molecule has 3 rings (SSSR count). The molecule has 0 bridgehead atoms. The lowest BCUT2D eigenvalue weighted by atomic mass is 10.0. The fourth-order valence-corrected chi connectivity index (χ4v) is 3.75. The summed E-state index contributed by atoms with van der Waals surface area (Å²) < 4.78 is 0. The van der Waals surface area contributed by atoms with E-state index in [2.05, 4.69) is 17.4 Å². The first kappa shape index (κ1) is 20.2. The number of hydrogen-bond donors (Lipinski definition) is 1. The average Bonchev–Trinajstić information content (AvgIpc) is 2.74. The van der Waals surface area contributed by atoms with Crippen LogP contribution in [0.1, 0.15) is 16.7 Å². The molecule has 28 heavy (non-hydrogen) atoms. The van der Waals surface area contributed by atoms with E-state index >= 15 is 0 Å². The van der Waals surface area contributed by atoms with Gasteiger partial charge in [0.1, 0.15) is 0 Å². The molecule has 0 spiro atoms. The molecule has 0 aliphatic heterocycles. The molecule has 0 heterocycles. The first-order chi connectivity index (χ1) is 13.7. The number of thioether (sulfide) groups is 1. The Hall–Kier alpha value is -2.49. The lowest BCUT2D eigenvalue weighted by molar-refractivity contribution is -0.115. The summed E-state index contributed by atoms with van der Waals surface area (Å²) >= 11 is 8.09. The van der Waals surface area contributed by atoms with Gasteiger partial charge in [0.15, 0.2) is 0 Å². The summed E-state index contributed by atoms with van der Waals surface area (Å²) in [7, 11) is 0. The van der Waals surface area contributed by atoms with Gasteiger partial charge >= 0.3 is 0 Å². The third-order valence-corrected chi connectivity index (χ3v) is 5.55. The van der Waals surface area contributed by atoms with E-state index < -0.39 is 0 Å². The summed E-state index contributed by atoms with van der Waals surface area (Å²) in [5, 5.41) is 3.66. The van der Waals surface area contributed by atoms with E-state index in [1.54, 1.807) is 11.8 Å². The monoisotopic (exact) mass is 407 g/mol. The number of rotatable bonds is 8. The SMILES string of the molecule is O=C(NCCSCc1ccccc1)/C(=C/c1ccccc1Cl)c1ccccc1. The maximum atomic E-state index is 12.9. The van der Waals surface area contributed by atoms with Crippen LogP contribution < -0.4 is 5.32 Å². The highest BCUT2D eigenvalue weighted by Gasteiger charge is 2.12. The first-order valence-corrected chi connectivity index (χ1v) is 10.7. The van der Waals surface area contributed by atoms with Crippen LogP contribution in [0.2, 0.25) is 5.02 Å². The molecule has 142 valence electrons. The average molecular weight is 408 g/mol. The summed E-state index contributed by atoms with van der Waals surface area (Å²) in [6.07, 6.45) is 1.85. The van der Waals surface area contributed by atoms with Crippen molar-refractivity contribution in [3.8, 4) is 0 Å². The molecule has 0 atom stereocenters. The zero-order valence-corrected chi connectivity index (χ0v) is 17.0. The van der Waals surface area contributed by atoms with Crippen molar-refractivity contribution in [1.29, 1.82) is 0 Å². The van der Waals surface area contributed by atoms with Crippen molar-refractivity contribution in [1.82, 2.24) is 5.32 Å². The van der Waals surface area contributed by atoms with E-state index in [0.717, 1.165) is 22.6 Å². The minimum absolute atomic E-state index is 0.0913. The second-order valence-corrected chi connectivity index (χ2v) is 7.75. The Kier molecular flexibility index (Phi) is 7.77. The molecule has 0 unspecified atom stereocenters. The van der Waals surface area contributed by atoms with E-state index in [0.29, 0.717) is 17.1 Å². The van der Waals surface area contributed by atoms with Gasteiger partial charge in [0.05, 0.1) is 0 Å². The zero-order chi connectivity index (χ0) is 19.6. The van der Waals surface area contributed by atoms with E-state index in [-0.39, 0.29) is 5.91 Å². The predicted octanol–water partition coefficient (Wildman–Crippen LogP) is 5.93. The van der Waals surface area contributed by atoms with Gasteiger partial charge in [-0.1, -0.05) is 90.5 Å². The molecular formula is C24H22ClNOS. The fourth-order valence-electron chi connectivity index (χ4n) is 2.74. The molecule has 0 saturated heterocycles. The number of carbonyl (C=O) groups is 1. The summed E-state index contributed by atoms with van der Waals surface area (Å²) in [6.45, 7) is 0.614. The molecule has 1 N–H and O–H groups in total. The van der Waals surface area contributed by atoms with Crippen molar-refractivity contribution in [2.45, 2.75) is 5.75 Å². The number of benzene rings is 3. The van der Waals surface area contributed by atoms with Gasteiger partial charge in [-0.3, -0.25) is 4.79 Å². The highest BCUT2D eigenvalue weighted by atomic mass is 35.5. The van der Waals surface area contributed by atoms with Gasteiger partial charge in [-0.2, -0.15) is 11.8 Å². The Labute approximate surface area is 175 Å². The predicted molar refractivity (Wildman–Crippen MR) is 121 cm³/mol. The van der Waals surface area contributed by atoms with Crippen LogP contribution in [0.4, 0.5) is 0 Å². The molecule has 0 aliphatic rings. The molecule has 3 aromatic rings. The molecule has 3 aromatic carbocycles. The van der Waals surface area contributed by atoms with Gasteiger partial charge < -0.3 is 5.32 Å². The van der Waals surface area contributed by atoms with Crippen LogP contribution in [0.5, 0.6) is 0 Å². The van der Waals surface area contributed by atoms with Gasteiger partial charge in [-0.05, 0) is 28.8 Å². The van der Waals surface area contributed by atoms with E-state index in [1.807, 2.05) is 78.9 Å². The first-order valence-electron chi connectivity index (χ1n) is 9.15. The lowest BCUT2D eigenvalue weighted by Crippen LogP contribution is -2.26. The van der Waals surface area contributed by atoms with Gasteiger partial charge in [-0.25, -0.2) is 0 Å². The van der Waals surface area contributed by atoms with Gasteiger partial charge in [0.2, 0.25) is 0 Å². The maximum Gasteiger partial charge on any atom is 0.251 e. The van der Waals surface area contributed by atoms with Gasteiger partial charge in [0.25, 0.3) is 5.91 Å². The Morgan fingerprint density at radius 2 is 1.54 bits per heavy atom. The molecular weight excluding hydrogens is 386 g/mol. The van der Waals surface area contributed by atoms with E-state index in [1.165, 1.54) is 5.56 Å². The Morgan fingerprint density at radius 1 is 0.893 bits per heavy atom. The van der Waals surface area contributed by atoms with Crippen LogP contribution in [0.25, 0.3) is 11.6 Å². The molecule has 0 aliphatic carbocycles. The third kappa shape index (κ3) is 6.01. The standard InChI is InChI=1S/C24H22ClNOS/c25-23-14-8-7-13-21(23)17-22(20-11-5-2-6-12-20)24(27)26-15-16-28-18-19-9-3-1-4-10-19/h1-14,17H,15-16,18H2,(H,26,27)/b22-17+. The number of hydrogen-bond acceptors (Lipinski definition) is 2. The smallest absolute Gasteiger partial charge is 0.251 e. The van der Waals surface area contributed by atoms with Crippen molar-refractivity contribution >= 4 is 40.9 Å². The number of halogens is 1. The molecule has 0 saturated carbocycles. The highest BCUT2D eigenvalue weighted by Crippen LogP contribution is 2.23. The summed E-state index contributed by atoms with van der Waals surface area (Å²) in [5.74, 6) is 1.71. The number of carbonyl (C=O) groups excluding carboxylic acids is 1. The van der Waals surface area contributed by atoms with E-state index in [9.17, 15) is 4.79 Å². The second-order valence-electron chi connectivity index (χ2n) is 6.24. The molecule has 0 radical (unpaired) electrons. The molecule has 2 nitrogen and oxygen atoms in total. The Bertz CT molecular complexity index is 926. The molecule has 4 heteroatoms. The second kappa shape index (κ2) is 10.7. The van der Waals surface area contributed by atoms with Crippen LogP contribution in [0.3, 0.4) is 0 Å². The van der Waals surface area contributed by atoms with Crippen LogP contribution in [0, 0.1) is 0 Å². The quantitative estimate of drug-likeness (QED) is 0.285. The van der Waals surface area contributed by atoms with E-state index in [4.69, 9.17) is 11.6 Å². The van der Waals surface area contributed by atoms with Crippen LogP contribution in [-0.4, -0.2) is 18.2 Å². The fraction of sp³-hybridized carbons (Fsp3) is 0.125. The van der Waals surface area contributed by atoms with Crippen molar-refractivity contribution in [3.63, 3.8) is 0 Å². The third-order valence-electron chi connectivity index (χ3n) is 4.18. The zero-order valence-electron chi connectivity index (χ0n) is 15.5. The van der Waals surface area contributed by atoms with Crippen molar-refractivity contribution in [3.05, 3.63) is 107 Å². The largest absolute Gasteiger partial charge is 0.351 e.